The summed E-state index contributed by atoms with van der Waals surface area (Å²) in [6.45, 7) is 3.06. The Bertz CT molecular complexity index is 839. The minimum atomic E-state index is -0.620. The fourth-order valence-corrected chi connectivity index (χ4v) is 3.08. The van der Waals surface area contributed by atoms with Crippen molar-refractivity contribution in [2.24, 2.45) is 0 Å². The van der Waals surface area contributed by atoms with Gasteiger partial charge in [0.2, 0.25) is 0 Å². The van der Waals surface area contributed by atoms with Crippen molar-refractivity contribution >= 4 is 35.0 Å². The summed E-state index contributed by atoms with van der Waals surface area (Å²) in [5, 5.41) is 13.6. The molecule has 0 radical (unpaired) electrons. The Balaban J connectivity index is 1.81. The van der Waals surface area contributed by atoms with E-state index in [2.05, 4.69) is 5.32 Å². The monoisotopic (exact) mass is 388 g/mol. The van der Waals surface area contributed by atoms with Gasteiger partial charge in [-0.1, -0.05) is 18.2 Å². The maximum Gasteiger partial charge on any atom is 0.307 e. The van der Waals surface area contributed by atoms with Crippen LogP contribution in [-0.2, 0) is 14.3 Å². The molecule has 0 aromatic heterocycles. The molecular formula is C19H20N2O5S. The number of amides is 1. The van der Waals surface area contributed by atoms with E-state index in [0.717, 1.165) is 16.0 Å². The molecule has 0 aliphatic carbocycles. The van der Waals surface area contributed by atoms with E-state index in [1.807, 2.05) is 30.3 Å². The number of carbonyl (C=O) groups is 2. The van der Waals surface area contributed by atoms with Crippen LogP contribution in [0.1, 0.15) is 17.5 Å². The van der Waals surface area contributed by atoms with Crippen molar-refractivity contribution in [1.82, 2.24) is 0 Å². The summed E-state index contributed by atoms with van der Waals surface area (Å²) in [5.41, 5.74) is 1.45. The molecular weight excluding hydrogens is 368 g/mol. The Morgan fingerprint density at radius 3 is 2.48 bits per heavy atom. The molecule has 0 atom stereocenters. The molecule has 1 N–H and O–H groups in total. The molecule has 2 aromatic carbocycles. The maximum atomic E-state index is 12.0. The number of hydrogen-bond donors (Lipinski definition) is 1. The smallest absolute Gasteiger partial charge is 0.307 e. The zero-order chi connectivity index (χ0) is 19.8. The molecule has 0 bridgehead atoms. The molecule has 0 heterocycles. The molecule has 2 rings (SSSR count). The molecule has 0 unspecified atom stereocenters. The number of nitrogens with one attached hydrogen (secondary N) is 1. The van der Waals surface area contributed by atoms with Gasteiger partial charge in [-0.3, -0.25) is 19.7 Å². The van der Waals surface area contributed by atoms with Gasteiger partial charge in [0.1, 0.15) is 5.69 Å². The highest BCUT2D eigenvalue weighted by Crippen LogP contribution is 2.27. The molecule has 8 heteroatoms. The number of rotatable bonds is 8. The number of ether oxygens (including phenoxy) is 1. The Hall–Kier alpha value is -2.87. The fourth-order valence-electron chi connectivity index (χ4n) is 2.23. The Morgan fingerprint density at radius 1 is 1.15 bits per heavy atom. The number of benzene rings is 2. The Morgan fingerprint density at radius 2 is 1.81 bits per heavy atom. The number of aryl methyl sites for hydroxylation is 2. The molecule has 0 saturated heterocycles. The van der Waals surface area contributed by atoms with Crippen molar-refractivity contribution in [3.63, 3.8) is 0 Å². The number of carbonyl (C=O) groups excluding carboxylic acids is 2. The summed E-state index contributed by atoms with van der Waals surface area (Å²) in [5.74, 6) is -0.582. The second-order valence-electron chi connectivity index (χ2n) is 5.83. The predicted octanol–water partition coefficient (Wildman–Crippen LogP) is 3.88. The second-order valence-corrected chi connectivity index (χ2v) is 7.00. The third-order valence-electron chi connectivity index (χ3n) is 3.77. The minimum absolute atomic E-state index is 0.0868. The third kappa shape index (κ3) is 6.41. The van der Waals surface area contributed by atoms with Crippen molar-refractivity contribution in [1.29, 1.82) is 0 Å². The molecule has 0 aliphatic heterocycles. The van der Waals surface area contributed by atoms with Crippen molar-refractivity contribution < 1.29 is 19.2 Å². The lowest BCUT2D eigenvalue weighted by Crippen LogP contribution is -2.21. The first-order valence-electron chi connectivity index (χ1n) is 8.26. The summed E-state index contributed by atoms with van der Waals surface area (Å²) >= 11 is 1.52. The first kappa shape index (κ1) is 20.4. The third-order valence-corrected chi connectivity index (χ3v) is 4.78. The quantitative estimate of drug-likeness (QED) is 0.319. The van der Waals surface area contributed by atoms with Crippen molar-refractivity contribution in [3.05, 3.63) is 63.7 Å². The highest BCUT2D eigenvalue weighted by Gasteiger charge is 2.18. The van der Waals surface area contributed by atoms with Crippen molar-refractivity contribution in [2.45, 2.75) is 25.2 Å². The molecule has 7 nitrogen and oxygen atoms in total. The number of nitro groups is 1. The zero-order valence-corrected chi connectivity index (χ0v) is 15.9. The van der Waals surface area contributed by atoms with E-state index in [9.17, 15) is 19.7 Å². The summed E-state index contributed by atoms with van der Waals surface area (Å²) < 4.78 is 4.93. The molecule has 2 aromatic rings. The lowest BCUT2D eigenvalue weighted by molar-refractivity contribution is -0.384. The van der Waals surface area contributed by atoms with Crippen LogP contribution in [0, 0.1) is 24.0 Å². The van der Waals surface area contributed by atoms with E-state index in [1.165, 1.54) is 23.9 Å². The molecule has 0 spiro atoms. The lowest BCUT2D eigenvalue weighted by atomic mass is 10.1. The van der Waals surface area contributed by atoms with E-state index in [-0.39, 0.29) is 17.8 Å². The van der Waals surface area contributed by atoms with E-state index in [0.29, 0.717) is 5.75 Å². The van der Waals surface area contributed by atoms with Gasteiger partial charge in [0.25, 0.3) is 11.6 Å². The average molecular weight is 388 g/mol. The van der Waals surface area contributed by atoms with Crippen LogP contribution in [0.15, 0.2) is 47.4 Å². The highest BCUT2D eigenvalue weighted by atomic mass is 32.2. The van der Waals surface area contributed by atoms with Crippen LogP contribution >= 0.6 is 11.8 Å². The van der Waals surface area contributed by atoms with E-state index >= 15 is 0 Å². The van der Waals surface area contributed by atoms with E-state index < -0.39 is 23.4 Å². The summed E-state index contributed by atoms with van der Waals surface area (Å²) in [4.78, 5) is 35.3. The van der Waals surface area contributed by atoms with E-state index in [1.54, 1.807) is 13.8 Å². The largest absolute Gasteiger partial charge is 0.456 e. The average Bonchev–Trinajstić information content (AvgIpc) is 2.63. The van der Waals surface area contributed by atoms with Gasteiger partial charge in [0, 0.05) is 16.7 Å². The minimum Gasteiger partial charge on any atom is -0.456 e. The van der Waals surface area contributed by atoms with Crippen LogP contribution in [0.5, 0.6) is 0 Å². The summed E-state index contributed by atoms with van der Waals surface area (Å²) in [6, 6.07) is 12.6. The summed E-state index contributed by atoms with van der Waals surface area (Å²) in [6.07, 6.45) is 0.163. The first-order valence-corrected chi connectivity index (χ1v) is 9.24. The standard InChI is InChI=1S/C19H20N2O5S/c1-13-10-16(17(21(24)25)11-14(13)2)20-18(22)12-26-19(23)8-9-27-15-6-4-3-5-7-15/h3-7,10-11H,8-9,12H2,1-2H3,(H,20,22). The Labute approximate surface area is 161 Å². The first-order chi connectivity index (χ1) is 12.9. The van der Waals surface area contributed by atoms with Crippen molar-refractivity contribution in [3.8, 4) is 0 Å². The van der Waals surface area contributed by atoms with Crippen LogP contribution in [0.25, 0.3) is 0 Å². The van der Waals surface area contributed by atoms with Gasteiger partial charge < -0.3 is 10.1 Å². The number of nitrogens with zero attached hydrogens (tertiary/aromatic N) is 1. The molecule has 27 heavy (non-hydrogen) atoms. The van der Waals surface area contributed by atoms with Crippen LogP contribution < -0.4 is 5.32 Å². The van der Waals surface area contributed by atoms with Gasteiger partial charge in [0.15, 0.2) is 6.61 Å². The number of thioether (sulfide) groups is 1. The normalized spacial score (nSPS) is 10.3. The lowest BCUT2D eigenvalue weighted by Gasteiger charge is -2.09. The van der Waals surface area contributed by atoms with Crippen LogP contribution in [0.2, 0.25) is 0 Å². The number of nitro benzene ring substituents is 1. The molecule has 0 aliphatic rings. The van der Waals surface area contributed by atoms with Crippen LogP contribution in [0.3, 0.4) is 0 Å². The Kier molecular flexibility index (Phi) is 7.36. The molecule has 0 saturated carbocycles. The SMILES string of the molecule is Cc1cc(NC(=O)COC(=O)CCSc2ccccc2)c([N+](=O)[O-])cc1C. The zero-order valence-electron chi connectivity index (χ0n) is 15.1. The van der Waals surface area contributed by atoms with Crippen molar-refractivity contribution in [2.75, 3.05) is 17.7 Å². The van der Waals surface area contributed by atoms with Gasteiger partial charge in [-0.2, -0.15) is 0 Å². The van der Waals surface area contributed by atoms with E-state index in [4.69, 9.17) is 4.74 Å². The summed E-state index contributed by atoms with van der Waals surface area (Å²) in [7, 11) is 0. The van der Waals surface area contributed by atoms with Gasteiger partial charge >= 0.3 is 5.97 Å². The number of hydrogen-bond acceptors (Lipinski definition) is 6. The van der Waals surface area contributed by atoms with Gasteiger partial charge in [-0.05, 0) is 43.2 Å². The molecule has 142 valence electrons. The molecule has 1 amide bonds. The van der Waals surface area contributed by atoms with Gasteiger partial charge in [0.05, 0.1) is 11.3 Å². The predicted molar refractivity (Wildman–Crippen MR) is 104 cm³/mol. The number of anilines is 1. The van der Waals surface area contributed by atoms with Gasteiger partial charge in [-0.15, -0.1) is 11.8 Å². The second kappa shape index (κ2) is 9.72. The van der Waals surface area contributed by atoms with Gasteiger partial charge in [-0.25, -0.2) is 0 Å². The molecule has 0 fully saturated rings. The topological polar surface area (TPSA) is 98.5 Å². The maximum absolute atomic E-state index is 12.0. The number of esters is 1. The van der Waals surface area contributed by atoms with Crippen LogP contribution in [-0.4, -0.2) is 29.2 Å². The van der Waals surface area contributed by atoms with Crippen LogP contribution in [0.4, 0.5) is 11.4 Å². The fraction of sp³-hybridized carbons (Fsp3) is 0.263. The highest BCUT2D eigenvalue weighted by molar-refractivity contribution is 7.99.